The molecule has 232 valence electrons. The van der Waals surface area contributed by atoms with Crippen molar-refractivity contribution in [2.45, 2.75) is 26.7 Å². The molecule has 42 heavy (non-hydrogen) atoms. The summed E-state index contributed by atoms with van der Waals surface area (Å²) >= 11 is 7.32. The number of fused-ring (bicyclic) bond motifs is 4. The third kappa shape index (κ3) is 12.4. The molecule has 0 fully saturated rings. The first-order valence-corrected chi connectivity index (χ1v) is 14.0. The van der Waals surface area contributed by atoms with E-state index in [2.05, 4.69) is 93.2 Å². The Labute approximate surface area is 265 Å². The second kappa shape index (κ2) is 19.4. The van der Waals surface area contributed by atoms with Gasteiger partial charge in [0, 0.05) is 34.7 Å². The van der Waals surface area contributed by atoms with Crippen LogP contribution in [0.25, 0.3) is 0 Å². The average molecular weight is 719 g/mol. The first-order chi connectivity index (χ1) is 20.1. The summed E-state index contributed by atoms with van der Waals surface area (Å²) in [6.07, 6.45) is 9.73. The normalized spacial score (nSPS) is 22.3. The Morgan fingerprint density at radius 3 is 1.31 bits per heavy atom. The zero-order chi connectivity index (χ0) is 31.7. The number of rotatable bonds is 0. The Morgan fingerprint density at radius 2 is 0.929 bits per heavy atom. The molecule has 0 radical (unpaired) electrons. The van der Waals surface area contributed by atoms with Crippen molar-refractivity contribution in [1.29, 1.82) is 0 Å². The first-order valence-electron chi connectivity index (χ1n) is 11.4. The summed E-state index contributed by atoms with van der Waals surface area (Å²) in [6, 6.07) is 0. The molecule has 0 unspecified atom stereocenters. The van der Waals surface area contributed by atoms with Crippen LogP contribution in [0.2, 0.25) is 0 Å². The fourth-order valence-electron chi connectivity index (χ4n) is 3.26. The number of ketones is 2. The molecule has 3 aliphatic rings. The molecule has 14 nitrogen and oxygen atoms in total. The van der Waals surface area contributed by atoms with Crippen molar-refractivity contribution in [2.75, 3.05) is 0 Å². The number of hydrazone groups is 2. The monoisotopic (exact) mass is 716 g/mol. The molecular formula is C24H24Cl2Cu2N8O6. The Bertz CT molecular complexity index is 1270. The Kier molecular flexibility index (Phi) is 16.7. The summed E-state index contributed by atoms with van der Waals surface area (Å²) in [7, 11) is 8.40. The van der Waals surface area contributed by atoms with Gasteiger partial charge in [-0.05, 0) is 49.3 Å². The average Bonchev–Trinajstić information content (AvgIpc) is 2.95. The maximum atomic E-state index is 12.6. The molecule has 0 aromatic heterocycles. The zero-order valence-corrected chi connectivity index (χ0v) is 25.1. The van der Waals surface area contributed by atoms with E-state index in [1.807, 2.05) is 0 Å². The van der Waals surface area contributed by atoms with Gasteiger partial charge in [-0.2, -0.15) is 10.2 Å². The first kappa shape index (κ1) is 36.2. The fraction of sp³-hybridized carbons (Fsp3) is 0.167. The summed E-state index contributed by atoms with van der Waals surface area (Å²) < 4.78 is 0. The number of nitrogens with zero attached hydrogens (tertiary/aromatic N) is 2. The predicted molar refractivity (Wildman–Crippen MR) is 147 cm³/mol. The molecule has 2 aliphatic carbocycles. The van der Waals surface area contributed by atoms with E-state index in [0.29, 0.717) is 11.1 Å². The number of carbonyl (C=O) groups excluding carboxylic acids is 6. The van der Waals surface area contributed by atoms with Crippen LogP contribution >= 0.6 is 20.2 Å². The van der Waals surface area contributed by atoms with Crippen LogP contribution < -0.4 is 32.6 Å². The second-order valence-corrected chi connectivity index (χ2v) is 8.16. The fourth-order valence-corrected chi connectivity index (χ4v) is 3.26. The molecule has 0 saturated heterocycles. The van der Waals surface area contributed by atoms with Gasteiger partial charge in [0.2, 0.25) is 23.6 Å². The molecule has 0 saturated carbocycles. The molecule has 0 aromatic carbocycles. The number of hydrazine groups is 2. The van der Waals surface area contributed by atoms with Gasteiger partial charge in [0.05, 0.1) is 12.4 Å². The van der Waals surface area contributed by atoms with E-state index in [4.69, 9.17) is 0 Å². The third-order valence-electron chi connectivity index (χ3n) is 4.89. The minimum atomic E-state index is -0.759. The quantitative estimate of drug-likeness (QED) is 0.152. The van der Waals surface area contributed by atoms with Gasteiger partial charge >= 0.3 is 50.4 Å². The van der Waals surface area contributed by atoms with E-state index in [-0.39, 0.29) is 22.3 Å². The third-order valence-corrected chi connectivity index (χ3v) is 4.89. The molecule has 3 rings (SSSR count). The molecule has 6 N–H and O–H groups in total. The van der Waals surface area contributed by atoms with Crippen LogP contribution in [0.15, 0.2) is 80.3 Å². The topological polar surface area (TPSA) is 199 Å². The van der Waals surface area contributed by atoms with Gasteiger partial charge < -0.3 is 10.9 Å². The molecule has 1 aliphatic heterocycles. The van der Waals surface area contributed by atoms with Crippen LogP contribution in [0, 0.1) is 0 Å². The van der Waals surface area contributed by atoms with Crippen LogP contribution in [-0.4, -0.2) is 47.6 Å². The summed E-state index contributed by atoms with van der Waals surface area (Å²) in [6.45, 7) is 3.46. The summed E-state index contributed by atoms with van der Waals surface area (Å²) in [5.41, 5.74) is 15.8. The molecule has 18 heteroatoms. The number of halogens is 2. The van der Waals surface area contributed by atoms with Crippen LogP contribution in [-0.2, 0) is 59.0 Å². The van der Waals surface area contributed by atoms with E-state index in [1.165, 1.54) is 24.6 Å². The van der Waals surface area contributed by atoms with E-state index < -0.39 is 48.0 Å². The Balaban J connectivity index is 0.00000211. The summed E-state index contributed by atoms with van der Waals surface area (Å²) in [5, 5.41) is 7.42. The van der Waals surface area contributed by atoms with Gasteiger partial charge in [-0.15, -0.1) is 0 Å². The van der Waals surface area contributed by atoms with Crippen LogP contribution in [0.1, 0.15) is 26.7 Å². The molecular weight excluding hydrogens is 694 g/mol. The molecule has 0 atom stereocenters. The maximum absolute atomic E-state index is 12.6. The van der Waals surface area contributed by atoms with E-state index in [0.717, 1.165) is 12.4 Å². The van der Waals surface area contributed by atoms with Crippen LogP contribution in [0.4, 0.5) is 0 Å². The Hall–Kier alpha value is -3.78. The number of carbonyl (C=O) groups is 6. The number of hydrogen-bond acceptors (Lipinski definition) is 10. The zero-order valence-electron chi connectivity index (χ0n) is 21.7. The molecule has 1 heterocycles. The van der Waals surface area contributed by atoms with Crippen molar-refractivity contribution < 1.29 is 59.0 Å². The van der Waals surface area contributed by atoms with E-state index in [1.54, 1.807) is 26.0 Å². The van der Waals surface area contributed by atoms with Gasteiger partial charge in [0.15, 0.2) is 11.6 Å². The van der Waals surface area contributed by atoms with Crippen molar-refractivity contribution in [2.24, 2.45) is 10.2 Å². The van der Waals surface area contributed by atoms with Crippen molar-refractivity contribution in [3.05, 3.63) is 70.1 Å². The standard InChI is InChI=1S/C24H24N8O6.2ClH.2Cu/c1-13-3-15-9-25-29-19(33)7-21(35)31-27-11-17-5-14(2)6-18(24(17)38)12-28-32-22(36)8-20(34)30-26-10-16(4-13)23(15)37;;;;/h3-6,9-12,25,27H,7-8H2,1-2H3,(H,29,33)(H,30,34)(H,31,35)(H,32,36);2*1H;;/q;;;2*+1/p-2/b15-9-,17-11+,26-10+,28-12-;;;;. The number of allylic oxidation sites excluding steroid dienone is 10. The van der Waals surface area contributed by atoms with Gasteiger partial charge in [0.1, 0.15) is 12.8 Å². The predicted octanol–water partition coefficient (Wildman–Crippen LogP) is 0.278. The van der Waals surface area contributed by atoms with Crippen LogP contribution in [0.5, 0.6) is 0 Å². The van der Waals surface area contributed by atoms with Gasteiger partial charge in [-0.25, -0.2) is 10.9 Å². The second-order valence-electron chi connectivity index (χ2n) is 8.16. The van der Waals surface area contributed by atoms with Crippen molar-refractivity contribution >= 4 is 67.8 Å². The summed E-state index contributed by atoms with van der Waals surface area (Å²) in [5.74, 6) is -3.81. The molecule has 0 aromatic rings. The number of hydrogen-bond donors (Lipinski definition) is 6. The molecule has 4 bridgehead atoms. The van der Waals surface area contributed by atoms with E-state index >= 15 is 0 Å². The molecule has 0 spiro atoms. The SMILES string of the molecule is CC1=C/C2=C/NNC(=O)CC(=O)NN/C=C3\C=C(C)C=C(/C=N\NC(=O)CC(=O)N/N=C/C(=C1)C2=O)C3=O.[Cl][Cu].[Cl][Cu]. The van der Waals surface area contributed by atoms with E-state index in [9.17, 15) is 28.8 Å². The van der Waals surface area contributed by atoms with Crippen molar-refractivity contribution in [3.63, 3.8) is 0 Å². The number of amides is 4. The van der Waals surface area contributed by atoms with Gasteiger partial charge in [-0.3, -0.25) is 39.6 Å². The molecule has 4 amide bonds. The minimum absolute atomic E-state index is 0.140. The number of nitrogens with one attached hydrogen (secondary N) is 6. The number of Topliss-reactive ketones (excluding diaryl/α,β-unsaturated/α-hetero) is 2. The van der Waals surface area contributed by atoms with Crippen molar-refractivity contribution in [1.82, 2.24) is 32.6 Å². The van der Waals surface area contributed by atoms with Crippen LogP contribution in [0.3, 0.4) is 0 Å². The Morgan fingerprint density at radius 1 is 0.571 bits per heavy atom. The van der Waals surface area contributed by atoms with Gasteiger partial charge in [0.25, 0.3) is 0 Å². The van der Waals surface area contributed by atoms with Crippen molar-refractivity contribution in [3.8, 4) is 0 Å². The van der Waals surface area contributed by atoms with Gasteiger partial charge in [-0.1, -0.05) is 0 Å². The summed E-state index contributed by atoms with van der Waals surface area (Å²) in [4.78, 5) is 73.4.